The normalized spacial score (nSPS) is 17.5. The number of aryl methyl sites for hydroxylation is 1. The van der Waals surface area contributed by atoms with Gasteiger partial charge in [-0.25, -0.2) is 4.98 Å². The molecule has 0 bridgehead atoms. The van der Waals surface area contributed by atoms with Crippen molar-refractivity contribution in [3.8, 4) is 11.3 Å². The lowest BCUT2D eigenvalue weighted by molar-refractivity contribution is -0.141. The van der Waals surface area contributed by atoms with Gasteiger partial charge in [0.15, 0.2) is 11.3 Å². The standard InChI is InChI=1S/C32H37F3N8O2/c1-20(2)18-42-19-24(28(39-42)32(33,34)35)27-17-38-29-26(37-9-10-43(27)29)16-22-6-7-23(21(3)15-22)30(44)40-11-13-41(14-12-40)31(45)25-5-4-8-36-25/h6-7,9-10,15,17,19-20,25,36H,4-5,8,11-14,16,18H2,1-3H3/t25-/m0/s1. The molecule has 4 aromatic rings. The molecule has 3 aromatic heterocycles. The van der Waals surface area contributed by atoms with Crippen LogP contribution in [0, 0.1) is 12.8 Å². The van der Waals surface area contributed by atoms with Crippen LogP contribution in [0.1, 0.15) is 59.6 Å². The number of carbonyl (C=O) groups excluding carboxylic acids is 2. The van der Waals surface area contributed by atoms with Crippen molar-refractivity contribution >= 4 is 17.5 Å². The van der Waals surface area contributed by atoms with E-state index in [1.165, 1.54) is 17.1 Å². The van der Waals surface area contributed by atoms with E-state index in [2.05, 4.69) is 20.4 Å². The van der Waals surface area contributed by atoms with Gasteiger partial charge in [-0.1, -0.05) is 26.0 Å². The number of nitrogens with zero attached hydrogens (tertiary/aromatic N) is 7. The van der Waals surface area contributed by atoms with Gasteiger partial charge in [0.2, 0.25) is 5.91 Å². The Morgan fingerprint density at radius 1 is 1.09 bits per heavy atom. The minimum atomic E-state index is -4.62. The third-order valence-corrected chi connectivity index (χ3v) is 8.49. The summed E-state index contributed by atoms with van der Waals surface area (Å²) in [5, 5.41) is 7.10. The maximum Gasteiger partial charge on any atom is 0.435 e. The van der Waals surface area contributed by atoms with E-state index < -0.39 is 11.9 Å². The molecule has 1 aromatic carbocycles. The van der Waals surface area contributed by atoms with Gasteiger partial charge in [0.25, 0.3) is 5.91 Å². The van der Waals surface area contributed by atoms with Gasteiger partial charge >= 0.3 is 6.18 Å². The maximum atomic E-state index is 13.9. The fraction of sp³-hybridized carbons (Fsp3) is 0.469. The summed E-state index contributed by atoms with van der Waals surface area (Å²) in [6.07, 6.45) is 3.64. The second kappa shape index (κ2) is 12.3. The molecule has 2 aliphatic heterocycles. The van der Waals surface area contributed by atoms with Crippen molar-refractivity contribution in [3.05, 3.63) is 71.1 Å². The van der Waals surface area contributed by atoms with E-state index in [9.17, 15) is 22.8 Å². The largest absolute Gasteiger partial charge is 0.435 e. The molecule has 10 nitrogen and oxygen atoms in total. The molecular formula is C32H37F3N8O2. The summed E-state index contributed by atoms with van der Waals surface area (Å²) in [6.45, 7) is 8.96. The summed E-state index contributed by atoms with van der Waals surface area (Å²) < 4.78 is 44.8. The summed E-state index contributed by atoms with van der Waals surface area (Å²) >= 11 is 0. The fourth-order valence-corrected chi connectivity index (χ4v) is 6.27. The molecule has 0 saturated carbocycles. The zero-order valence-corrected chi connectivity index (χ0v) is 25.6. The van der Waals surface area contributed by atoms with Crippen LogP contribution in [-0.2, 0) is 23.9 Å². The highest BCUT2D eigenvalue weighted by atomic mass is 19.4. The van der Waals surface area contributed by atoms with E-state index in [4.69, 9.17) is 0 Å². The number of halogens is 3. The number of amides is 2. The number of carbonyl (C=O) groups is 2. The van der Waals surface area contributed by atoms with Crippen LogP contribution in [0.4, 0.5) is 13.2 Å². The summed E-state index contributed by atoms with van der Waals surface area (Å²) in [6, 6.07) is 5.51. The highest BCUT2D eigenvalue weighted by Gasteiger charge is 2.38. The predicted molar refractivity (Wildman–Crippen MR) is 162 cm³/mol. The summed E-state index contributed by atoms with van der Waals surface area (Å²) in [4.78, 5) is 38.7. The highest BCUT2D eigenvalue weighted by molar-refractivity contribution is 5.96. The first-order valence-corrected chi connectivity index (χ1v) is 15.4. The van der Waals surface area contributed by atoms with Gasteiger partial charge in [-0.05, 0) is 49.4 Å². The van der Waals surface area contributed by atoms with E-state index >= 15 is 0 Å². The molecule has 0 spiro atoms. The third-order valence-electron chi connectivity index (χ3n) is 8.49. The van der Waals surface area contributed by atoms with Crippen molar-refractivity contribution in [2.75, 3.05) is 32.7 Å². The fourth-order valence-electron chi connectivity index (χ4n) is 6.27. The van der Waals surface area contributed by atoms with Crippen LogP contribution in [0.15, 0.2) is 43.0 Å². The Morgan fingerprint density at radius 3 is 2.51 bits per heavy atom. The van der Waals surface area contributed by atoms with Crippen LogP contribution in [0.3, 0.4) is 0 Å². The van der Waals surface area contributed by atoms with E-state index in [0.717, 1.165) is 30.5 Å². The third kappa shape index (κ3) is 6.31. The second-order valence-corrected chi connectivity index (χ2v) is 12.3. The number of rotatable bonds is 7. The Hall–Kier alpha value is -4.26. The number of benzene rings is 1. The van der Waals surface area contributed by atoms with Crippen molar-refractivity contribution in [1.82, 2.24) is 39.3 Å². The first kappa shape index (κ1) is 30.8. The first-order chi connectivity index (χ1) is 21.5. The molecule has 1 N–H and O–H groups in total. The number of nitrogens with one attached hydrogen (secondary N) is 1. The average Bonchev–Trinajstić information content (AvgIpc) is 3.77. The van der Waals surface area contributed by atoms with Gasteiger partial charge in [-0.15, -0.1) is 0 Å². The maximum absolute atomic E-state index is 13.9. The quantitative estimate of drug-likeness (QED) is 0.332. The van der Waals surface area contributed by atoms with Gasteiger partial charge in [0.05, 0.1) is 29.2 Å². The molecule has 1 atom stereocenters. The summed E-state index contributed by atoms with van der Waals surface area (Å²) in [7, 11) is 0. The smallest absolute Gasteiger partial charge is 0.338 e. The molecule has 2 aliphatic rings. The van der Waals surface area contributed by atoms with Gasteiger partial charge in [-0.3, -0.25) is 23.7 Å². The number of hydrogen-bond acceptors (Lipinski definition) is 6. The Bertz CT molecular complexity index is 1710. The minimum absolute atomic E-state index is 0.0353. The van der Waals surface area contributed by atoms with Crippen LogP contribution >= 0.6 is 0 Å². The van der Waals surface area contributed by atoms with E-state index in [1.807, 2.05) is 43.9 Å². The Labute approximate surface area is 259 Å². The number of alkyl halides is 3. The van der Waals surface area contributed by atoms with Crippen molar-refractivity contribution < 1.29 is 22.8 Å². The van der Waals surface area contributed by atoms with Crippen molar-refractivity contribution in [2.45, 2.75) is 58.8 Å². The number of fused-ring (bicyclic) bond motifs is 1. The monoisotopic (exact) mass is 622 g/mol. The zero-order chi connectivity index (χ0) is 31.9. The van der Waals surface area contributed by atoms with Crippen molar-refractivity contribution in [1.29, 1.82) is 0 Å². The lowest BCUT2D eigenvalue weighted by Gasteiger charge is -2.36. The average molecular weight is 623 g/mol. The lowest BCUT2D eigenvalue weighted by Crippen LogP contribution is -2.54. The zero-order valence-electron chi connectivity index (χ0n) is 25.6. The van der Waals surface area contributed by atoms with Crippen LogP contribution < -0.4 is 5.32 Å². The Kier molecular flexibility index (Phi) is 8.38. The molecule has 13 heteroatoms. The first-order valence-electron chi connectivity index (χ1n) is 15.4. The van der Waals surface area contributed by atoms with Crippen LogP contribution in [0.2, 0.25) is 0 Å². The molecule has 0 unspecified atom stereocenters. The van der Waals surface area contributed by atoms with E-state index in [0.29, 0.717) is 56.0 Å². The van der Waals surface area contributed by atoms with Gasteiger partial charge in [-0.2, -0.15) is 18.3 Å². The van der Waals surface area contributed by atoms with Crippen molar-refractivity contribution in [3.63, 3.8) is 0 Å². The number of hydrogen-bond donors (Lipinski definition) is 1. The Balaban J connectivity index is 1.18. The molecule has 6 rings (SSSR count). The molecule has 2 amide bonds. The predicted octanol–water partition coefficient (Wildman–Crippen LogP) is 4.20. The van der Waals surface area contributed by atoms with Gasteiger partial charge in [0, 0.05) is 63.3 Å². The highest BCUT2D eigenvalue weighted by Crippen LogP contribution is 2.36. The molecule has 45 heavy (non-hydrogen) atoms. The van der Waals surface area contributed by atoms with Crippen LogP contribution in [0.5, 0.6) is 0 Å². The molecule has 5 heterocycles. The number of imidazole rings is 1. The minimum Gasteiger partial charge on any atom is -0.338 e. The van der Waals surface area contributed by atoms with Crippen LogP contribution in [-0.4, -0.2) is 84.5 Å². The molecule has 2 saturated heterocycles. The van der Waals surface area contributed by atoms with E-state index in [1.54, 1.807) is 21.7 Å². The SMILES string of the molecule is Cc1cc(Cc2nccn3c(-c4cn(CC(C)C)nc4C(F)(F)F)cnc23)ccc1C(=O)N1CCN(C(=O)[C@@H]2CCCN2)CC1. The number of aromatic nitrogens is 5. The lowest BCUT2D eigenvalue weighted by atomic mass is 10.0. The molecular weight excluding hydrogens is 585 g/mol. The molecule has 0 radical (unpaired) electrons. The molecule has 0 aliphatic carbocycles. The summed E-state index contributed by atoms with van der Waals surface area (Å²) in [5.41, 5.74) is 2.67. The van der Waals surface area contributed by atoms with Crippen molar-refractivity contribution in [2.24, 2.45) is 5.92 Å². The molecule has 238 valence electrons. The van der Waals surface area contributed by atoms with Crippen LogP contribution in [0.25, 0.3) is 16.9 Å². The van der Waals surface area contributed by atoms with E-state index in [-0.39, 0.29) is 35.0 Å². The number of piperazine rings is 1. The molecule has 2 fully saturated rings. The Morgan fingerprint density at radius 2 is 1.84 bits per heavy atom. The second-order valence-electron chi connectivity index (χ2n) is 12.3. The van der Waals surface area contributed by atoms with Gasteiger partial charge < -0.3 is 15.1 Å². The topological polar surface area (TPSA) is 101 Å². The van der Waals surface area contributed by atoms with Gasteiger partial charge in [0.1, 0.15) is 0 Å². The summed E-state index contributed by atoms with van der Waals surface area (Å²) in [5.74, 6) is 0.180.